The zero-order chi connectivity index (χ0) is 13.9. The van der Waals surface area contributed by atoms with Gasteiger partial charge in [-0.1, -0.05) is 56.3 Å². The quantitative estimate of drug-likeness (QED) is 0.917. The molecule has 19 heavy (non-hydrogen) atoms. The van der Waals surface area contributed by atoms with E-state index in [1.807, 2.05) is 18.2 Å². The van der Waals surface area contributed by atoms with Crippen LogP contribution < -0.4 is 5.73 Å². The van der Waals surface area contributed by atoms with Crippen LogP contribution in [0, 0.1) is 5.41 Å². The van der Waals surface area contributed by atoms with Crippen LogP contribution in [0.4, 0.5) is 0 Å². The maximum atomic E-state index is 6.11. The Balaban J connectivity index is 1.98. The van der Waals surface area contributed by atoms with Gasteiger partial charge in [-0.25, -0.2) is 0 Å². The van der Waals surface area contributed by atoms with E-state index in [2.05, 4.69) is 43.0 Å². The molecule has 0 bridgehead atoms. The third-order valence-electron chi connectivity index (χ3n) is 3.17. The highest BCUT2D eigenvalue weighted by Gasteiger charge is 2.26. The van der Waals surface area contributed by atoms with E-state index in [4.69, 9.17) is 10.3 Å². The van der Waals surface area contributed by atoms with Gasteiger partial charge in [0.05, 0.1) is 6.04 Å². The van der Waals surface area contributed by atoms with Gasteiger partial charge in [0.1, 0.15) is 0 Å². The molecule has 0 spiro atoms. The van der Waals surface area contributed by atoms with Gasteiger partial charge in [0.25, 0.3) is 0 Å². The van der Waals surface area contributed by atoms with Gasteiger partial charge in [0.15, 0.2) is 5.82 Å². The number of aromatic nitrogens is 2. The molecule has 0 saturated heterocycles. The van der Waals surface area contributed by atoms with Gasteiger partial charge >= 0.3 is 0 Å². The molecule has 102 valence electrons. The van der Waals surface area contributed by atoms with E-state index in [1.54, 1.807) is 0 Å². The third kappa shape index (κ3) is 3.64. The van der Waals surface area contributed by atoms with Crippen molar-refractivity contribution in [3.8, 4) is 0 Å². The fourth-order valence-corrected chi connectivity index (χ4v) is 1.78. The molecule has 2 N–H and O–H groups in total. The normalized spacial score (nSPS) is 13.5. The fraction of sp³-hybridized carbons (Fsp3) is 0.467. The Labute approximate surface area is 114 Å². The Morgan fingerprint density at radius 2 is 1.84 bits per heavy atom. The zero-order valence-corrected chi connectivity index (χ0v) is 11.8. The van der Waals surface area contributed by atoms with Crippen molar-refractivity contribution in [2.75, 3.05) is 0 Å². The van der Waals surface area contributed by atoms with Crippen molar-refractivity contribution in [3.05, 3.63) is 47.6 Å². The first kappa shape index (κ1) is 13.7. The average molecular weight is 259 g/mol. The lowest BCUT2D eigenvalue weighted by Crippen LogP contribution is -2.27. The minimum atomic E-state index is -0.207. The molecular weight excluding hydrogens is 238 g/mol. The van der Waals surface area contributed by atoms with Crippen molar-refractivity contribution in [1.82, 2.24) is 10.1 Å². The van der Waals surface area contributed by atoms with Crippen LogP contribution in [0.3, 0.4) is 0 Å². The molecule has 2 aromatic rings. The van der Waals surface area contributed by atoms with Crippen LogP contribution in [-0.4, -0.2) is 10.1 Å². The number of rotatable bonds is 4. The van der Waals surface area contributed by atoms with Gasteiger partial charge in [-0.05, 0) is 17.4 Å². The molecule has 1 atom stereocenters. The summed E-state index contributed by atoms with van der Waals surface area (Å²) in [6.45, 7) is 6.20. The number of hydrogen-bond acceptors (Lipinski definition) is 4. The summed E-state index contributed by atoms with van der Waals surface area (Å²) in [6, 6.07) is 10.1. The highest BCUT2D eigenvalue weighted by Crippen LogP contribution is 2.28. The van der Waals surface area contributed by atoms with E-state index >= 15 is 0 Å². The molecule has 0 aliphatic carbocycles. The van der Waals surface area contributed by atoms with Gasteiger partial charge in [0, 0.05) is 6.42 Å². The van der Waals surface area contributed by atoms with Crippen LogP contribution in [0.15, 0.2) is 34.9 Å². The van der Waals surface area contributed by atoms with E-state index in [9.17, 15) is 0 Å². The lowest BCUT2D eigenvalue weighted by molar-refractivity contribution is 0.300. The number of nitrogens with zero attached hydrogens (tertiary/aromatic N) is 2. The third-order valence-corrected chi connectivity index (χ3v) is 3.17. The SMILES string of the molecule is CC(C)(C)C(N)c1noc(CCc2ccccc2)n1. The second kappa shape index (κ2) is 5.53. The lowest BCUT2D eigenvalue weighted by Gasteiger charge is -2.23. The van der Waals surface area contributed by atoms with Crippen LogP contribution in [0.1, 0.15) is 44.1 Å². The molecule has 0 saturated carbocycles. The molecule has 0 aliphatic rings. The predicted molar refractivity (Wildman–Crippen MR) is 74.5 cm³/mol. The van der Waals surface area contributed by atoms with Crippen LogP contribution in [0.2, 0.25) is 0 Å². The van der Waals surface area contributed by atoms with Gasteiger partial charge in [-0.2, -0.15) is 4.98 Å². The first-order valence-corrected chi connectivity index (χ1v) is 6.59. The van der Waals surface area contributed by atoms with Crippen molar-refractivity contribution in [2.24, 2.45) is 11.1 Å². The van der Waals surface area contributed by atoms with Crippen molar-refractivity contribution in [1.29, 1.82) is 0 Å². The van der Waals surface area contributed by atoms with Gasteiger partial charge in [-0.15, -0.1) is 0 Å². The Morgan fingerprint density at radius 3 is 2.47 bits per heavy atom. The number of hydrogen-bond donors (Lipinski definition) is 1. The van der Waals surface area contributed by atoms with Gasteiger partial charge in [-0.3, -0.25) is 0 Å². The first-order chi connectivity index (χ1) is 8.97. The van der Waals surface area contributed by atoms with E-state index in [0.717, 1.165) is 12.8 Å². The van der Waals surface area contributed by atoms with Crippen molar-refractivity contribution >= 4 is 0 Å². The second-order valence-electron chi connectivity index (χ2n) is 5.88. The minimum absolute atomic E-state index is 0.0689. The maximum absolute atomic E-state index is 6.11. The first-order valence-electron chi connectivity index (χ1n) is 6.59. The van der Waals surface area contributed by atoms with Crippen molar-refractivity contribution < 1.29 is 4.52 Å². The predicted octanol–water partition coefficient (Wildman–Crippen LogP) is 2.90. The van der Waals surface area contributed by atoms with Crippen molar-refractivity contribution in [3.63, 3.8) is 0 Å². The van der Waals surface area contributed by atoms with Crippen LogP contribution in [0.25, 0.3) is 0 Å². The topological polar surface area (TPSA) is 64.9 Å². The highest BCUT2D eigenvalue weighted by atomic mass is 16.5. The molecule has 1 aromatic heterocycles. The zero-order valence-electron chi connectivity index (χ0n) is 11.8. The molecule has 0 fully saturated rings. The molecule has 2 rings (SSSR count). The summed E-state index contributed by atoms with van der Waals surface area (Å²) in [5.74, 6) is 1.24. The fourth-order valence-electron chi connectivity index (χ4n) is 1.78. The molecule has 0 radical (unpaired) electrons. The Bertz CT molecular complexity index is 514. The van der Waals surface area contributed by atoms with Crippen LogP contribution in [-0.2, 0) is 12.8 Å². The Morgan fingerprint density at radius 1 is 1.16 bits per heavy atom. The molecular formula is C15H21N3O. The van der Waals surface area contributed by atoms with Crippen molar-refractivity contribution in [2.45, 2.75) is 39.7 Å². The van der Waals surface area contributed by atoms with Gasteiger partial charge in [0.2, 0.25) is 5.89 Å². The molecule has 0 amide bonds. The summed E-state index contributed by atoms with van der Waals surface area (Å²) in [6.07, 6.45) is 1.64. The average Bonchev–Trinajstić information content (AvgIpc) is 2.84. The molecule has 4 heteroatoms. The lowest BCUT2D eigenvalue weighted by atomic mass is 9.87. The van der Waals surface area contributed by atoms with E-state index in [-0.39, 0.29) is 11.5 Å². The summed E-state index contributed by atoms with van der Waals surface area (Å²) in [5.41, 5.74) is 7.30. The summed E-state index contributed by atoms with van der Waals surface area (Å²) < 4.78 is 5.26. The summed E-state index contributed by atoms with van der Waals surface area (Å²) in [7, 11) is 0. The van der Waals surface area contributed by atoms with Crippen LogP contribution >= 0.6 is 0 Å². The minimum Gasteiger partial charge on any atom is -0.339 e. The van der Waals surface area contributed by atoms with E-state index < -0.39 is 0 Å². The number of nitrogens with two attached hydrogens (primary N) is 1. The molecule has 1 unspecified atom stereocenters. The molecule has 0 aliphatic heterocycles. The van der Waals surface area contributed by atoms with E-state index in [0.29, 0.717) is 11.7 Å². The van der Waals surface area contributed by atoms with E-state index in [1.165, 1.54) is 5.56 Å². The molecule has 1 aromatic carbocycles. The largest absolute Gasteiger partial charge is 0.339 e. The summed E-state index contributed by atoms with van der Waals surface area (Å²) in [4.78, 5) is 4.39. The summed E-state index contributed by atoms with van der Waals surface area (Å²) in [5, 5.41) is 3.98. The Kier molecular flexibility index (Phi) is 4.00. The second-order valence-corrected chi connectivity index (χ2v) is 5.88. The van der Waals surface area contributed by atoms with Gasteiger partial charge < -0.3 is 10.3 Å². The smallest absolute Gasteiger partial charge is 0.227 e. The Hall–Kier alpha value is -1.68. The standard InChI is InChI=1S/C15H21N3O/c1-15(2,3)13(16)14-17-12(19-18-14)10-9-11-7-5-4-6-8-11/h4-8,13H,9-10,16H2,1-3H3. The maximum Gasteiger partial charge on any atom is 0.227 e. The highest BCUT2D eigenvalue weighted by molar-refractivity contribution is 5.15. The molecule has 1 heterocycles. The van der Waals surface area contributed by atoms with Crippen LogP contribution in [0.5, 0.6) is 0 Å². The monoisotopic (exact) mass is 259 g/mol. The molecule has 4 nitrogen and oxygen atoms in total. The summed E-state index contributed by atoms with van der Waals surface area (Å²) >= 11 is 0. The number of aryl methyl sites for hydroxylation is 2. The number of benzene rings is 1.